The standard InChI is InChI=1S/C9H19NO2/c1-9(4-6-11-3)8-12-7-5-10(9)2/h4-8H2,1-3H3. The number of likely N-dealkylation sites (N-methyl/N-ethyl adjacent to an activating group) is 1. The largest absolute Gasteiger partial charge is 0.385 e. The molecule has 1 aliphatic heterocycles. The van der Waals surface area contributed by atoms with Crippen LogP contribution >= 0.6 is 0 Å². The Balaban J connectivity index is 2.42. The van der Waals surface area contributed by atoms with Crippen molar-refractivity contribution in [3.63, 3.8) is 0 Å². The molecule has 1 fully saturated rings. The summed E-state index contributed by atoms with van der Waals surface area (Å²) in [5, 5.41) is 0. The van der Waals surface area contributed by atoms with E-state index in [1.165, 1.54) is 0 Å². The zero-order valence-electron chi connectivity index (χ0n) is 8.30. The van der Waals surface area contributed by atoms with E-state index >= 15 is 0 Å². The van der Waals surface area contributed by atoms with Crippen LogP contribution in [0.4, 0.5) is 0 Å². The highest BCUT2D eigenvalue weighted by Gasteiger charge is 2.31. The van der Waals surface area contributed by atoms with Crippen molar-refractivity contribution in [1.82, 2.24) is 4.90 Å². The second-order valence-corrected chi connectivity index (χ2v) is 3.71. The molecule has 1 saturated heterocycles. The van der Waals surface area contributed by atoms with Crippen molar-refractivity contribution in [3.05, 3.63) is 0 Å². The summed E-state index contributed by atoms with van der Waals surface area (Å²) >= 11 is 0. The van der Waals surface area contributed by atoms with E-state index in [-0.39, 0.29) is 5.54 Å². The molecule has 0 aliphatic carbocycles. The summed E-state index contributed by atoms with van der Waals surface area (Å²) in [5.74, 6) is 0. The number of rotatable bonds is 3. The van der Waals surface area contributed by atoms with Crippen LogP contribution in [-0.2, 0) is 9.47 Å². The summed E-state index contributed by atoms with van der Waals surface area (Å²) in [6.45, 7) is 5.75. The number of ether oxygens (including phenoxy) is 2. The van der Waals surface area contributed by atoms with Gasteiger partial charge in [-0.3, -0.25) is 4.90 Å². The van der Waals surface area contributed by atoms with Crippen LogP contribution in [0.15, 0.2) is 0 Å². The van der Waals surface area contributed by atoms with E-state index < -0.39 is 0 Å². The molecule has 1 aliphatic rings. The predicted octanol–water partition coefficient (Wildman–Crippen LogP) is 0.744. The Morgan fingerprint density at radius 3 is 2.92 bits per heavy atom. The predicted molar refractivity (Wildman–Crippen MR) is 48.3 cm³/mol. The molecule has 1 heterocycles. The van der Waals surface area contributed by atoms with Crippen LogP contribution in [0.3, 0.4) is 0 Å². The number of hydrogen-bond acceptors (Lipinski definition) is 3. The molecular formula is C9H19NO2. The lowest BCUT2D eigenvalue weighted by Crippen LogP contribution is -2.53. The van der Waals surface area contributed by atoms with Crippen molar-refractivity contribution in [1.29, 1.82) is 0 Å². The highest BCUT2D eigenvalue weighted by atomic mass is 16.5. The van der Waals surface area contributed by atoms with Crippen molar-refractivity contribution in [2.75, 3.05) is 40.5 Å². The third kappa shape index (κ3) is 2.19. The molecule has 0 aromatic heterocycles. The van der Waals surface area contributed by atoms with Crippen LogP contribution in [0.1, 0.15) is 13.3 Å². The molecule has 3 nitrogen and oxygen atoms in total. The molecule has 0 N–H and O–H groups in total. The molecule has 0 bridgehead atoms. The zero-order chi connectivity index (χ0) is 9.03. The fourth-order valence-electron chi connectivity index (χ4n) is 1.46. The van der Waals surface area contributed by atoms with Gasteiger partial charge in [-0.2, -0.15) is 0 Å². The molecular weight excluding hydrogens is 154 g/mol. The smallest absolute Gasteiger partial charge is 0.0649 e. The highest BCUT2D eigenvalue weighted by Crippen LogP contribution is 2.21. The first-order valence-electron chi connectivity index (χ1n) is 4.47. The Labute approximate surface area is 74.6 Å². The first kappa shape index (κ1) is 9.96. The van der Waals surface area contributed by atoms with Gasteiger partial charge in [0.25, 0.3) is 0 Å². The Kier molecular flexibility index (Phi) is 3.50. The van der Waals surface area contributed by atoms with Crippen LogP contribution in [0.25, 0.3) is 0 Å². The molecule has 12 heavy (non-hydrogen) atoms. The summed E-state index contributed by atoms with van der Waals surface area (Å²) in [6, 6.07) is 0. The lowest BCUT2D eigenvalue weighted by atomic mass is 9.96. The second-order valence-electron chi connectivity index (χ2n) is 3.71. The van der Waals surface area contributed by atoms with Gasteiger partial charge in [-0.05, 0) is 20.4 Å². The van der Waals surface area contributed by atoms with Crippen molar-refractivity contribution in [3.8, 4) is 0 Å². The summed E-state index contributed by atoms with van der Waals surface area (Å²) in [4.78, 5) is 2.36. The second kappa shape index (κ2) is 4.21. The quantitative estimate of drug-likeness (QED) is 0.628. The number of hydrogen-bond donors (Lipinski definition) is 0. The third-order valence-corrected chi connectivity index (χ3v) is 2.75. The molecule has 0 saturated carbocycles. The van der Waals surface area contributed by atoms with Crippen LogP contribution in [-0.4, -0.2) is 51.0 Å². The summed E-state index contributed by atoms with van der Waals surface area (Å²) in [7, 11) is 3.89. The minimum absolute atomic E-state index is 0.175. The van der Waals surface area contributed by atoms with E-state index in [2.05, 4.69) is 18.9 Å². The van der Waals surface area contributed by atoms with Gasteiger partial charge in [-0.1, -0.05) is 0 Å². The van der Waals surface area contributed by atoms with Gasteiger partial charge in [0.05, 0.1) is 13.2 Å². The monoisotopic (exact) mass is 173 g/mol. The molecule has 0 aromatic carbocycles. The molecule has 0 amide bonds. The molecule has 0 radical (unpaired) electrons. The number of nitrogens with zero attached hydrogens (tertiary/aromatic N) is 1. The van der Waals surface area contributed by atoms with Crippen molar-refractivity contribution in [2.24, 2.45) is 0 Å². The topological polar surface area (TPSA) is 21.7 Å². The average molecular weight is 173 g/mol. The fraction of sp³-hybridized carbons (Fsp3) is 1.00. The van der Waals surface area contributed by atoms with Gasteiger partial charge in [0.2, 0.25) is 0 Å². The normalized spacial score (nSPS) is 32.2. The van der Waals surface area contributed by atoms with E-state index in [4.69, 9.17) is 9.47 Å². The Morgan fingerprint density at radius 1 is 1.58 bits per heavy atom. The van der Waals surface area contributed by atoms with Gasteiger partial charge in [-0.15, -0.1) is 0 Å². The molecule has 0 aromatic rings. The van der Waals surface area contributed by atoms with Gasteiger partial charge < -0.3 is 9.47 Å². The Morgan fingerprint density at radius 2 is 2.33 bits per heavy atom. The maximum absolute atomic E-state index is 5.46. The molecule has 1 rings (SSSR count). The average Bonchev–Trinajstić information content (AvgIpc) is 2.07. The molecule has 72 valence electrons. The minimum atomic E-state index is 0.175. The molecule has 3 heteroatoms. The number of morpholine rings is 1. The van der Waals surface area contributed by atoms with Crippen molar-refractivity contribution < 1.29 is 9.47 Å². The van der Waals surface area contributed by atoms with Gasteiger partial charge in [0.15, 0.2) is 0 Å². The van der Waals surface area contributed by atoms with Crippen LogP contribution in [0.5, 0.6) is 0 Å². The highest BCUT2D eigenvalue weighted by molar-refractivity contribution is 4.86. The van der Waals surface area contributed by atoms with E-state index in [1.54, 1.807) is 7.11 Å². The van der Waals surface area contributed by atoms with E-state index in [0.717, 1.165) is 32.8 Å². The molecule has 0 spiro atoms. The van der Waals surface area contributed by atoms with Crippen LogP contribution in [0.2, 0.25) is 0 Å². The first-order valence-corrected chi connectivity index (χ1v) is 4.47. The third-order valence-electron chi connectivity index (χ3n) is 2.75. The van der Waals surface area contributed by atoms with Crippen LogP contribution < -0.4 is 0 Å². The Hall–Kier alpha value is -0.120. The maximum atomic E-state index is 5.46. The SMILES string of the molecule is COCCC1(C)COCCN1C. The molecule has 1 atom stereocenters. The van der Waals surface area contributed by atoms with E-state index in [1.807, 2.05) is 0 Å². The maximum Gasteiger partial charge on any atom is 0.0649 e. The first-order chi connectivity index (χ1) is 5.69. The van der Waals surface area contributed by atoms with Crippen molar-refractivity contribution in [2.45, 2.75) is 18.9 Å². The molecule has 1 unspecified atom stereocenters. The minimum Gasteiger partial charge on any atom is -0.385 e. The van der Waals surface area contributed by atoms with Crippen molar-refractivity contribution >= 4 is 0 Å². The lowest BCUT2D eigenvalue weighted by Gasteiger charge is -2.42. The number of methoxy groups -OCH3 is 1. The fourth-order valence-corrected chi connectivity index (χ4v) is 1.46. The lowest BCUT2D eigenvalue weighted by molar-refractivity contribution is -0.0583. The summed E-state index contributed by atoms with van der Waals surface area (Å²) < 4.78 is 10.5. The Bertz CT molecular complexity index is 140. The van der Waals surface area contributed by atoms with Gasteiger partial charge >= 0.3 is 0 Å². The van der Waals surface area contributed by atoms with E-state index in [9.17, 15) is 0 Å². The zero-order valence-corrected chi connectivity index (χ0v) is 8.30. The summed E-state index contributed by atoms with van der Waals surface area (Å²) in [6.07, 6.45) is 1.04. The summed E-state index contributed by atoms with van der Waals surface area (Å²) in [5.41, 5.74) is 0.175. The van der Waals surface area contributed by atoms with Crippen LogP contribution in [0, 0.1) is 0 Å². The van der Waals surface area contributed by atoms with Gasteiger partial charge in [0, 0.05) is 25.8 Å². The van der Waals surface area contributed by atoms with E-state index in [0.29, 0.717) is 0 Å². The van der Waals surface area contributed by atoms with Gasteiger partial charge in [0.1, 0.15) is 0 Å². The van der Waals surface area contributed by atoms with Gasteiger partial charge in [-0.25, -0.2) is 0 Å².